The molecular weight excluding hydrogens is 348 g/mol. The van der Waals surface area contributed by atoms with Crippen LogP contribution in [-0.4, -0.2) is 25.6 Å². The summed E-state index contributed by atoms with van der Waals surface area (Å²) in [7, 11) is -1.76. The van der Waals surface area contributed by atoms with Crippen LogP contribution in [0.1, 0.15) is 66.7 Å². The average Bonchev–Trinajstić information content (AvgIpc) is 3.24. The molecule has 1 N–H and O–H groups in total. The molecular formula is C24H40O2Si. The van der Waals surface area contributed by atoms with Crippen molar-refractivity contribution >= 4 is 8.32 Å². The van der Waals surface area contributed by atoms with Crippen molar-refractivity contribution < 1.29 is 9.53 Å². The molecule has 0 heterocycles. The van der Waals surface area contributed by atoms with Gasteiger partial charge in [0.15, 0.2) is 8.32 Å². The summed E-state index contributed by atoms with van der Waals surface area (Å²) < 4.78 is 6.66. The standard InChI is InChI=1S/C24H40O2Si/c1-16-10-11-18(15-26-27(6,7)22(2,3)4)19-13-12-17-9-8-14-23(5)20(17)21(23)24(16,19)25/h9-10,18-21,25H,8,11-15H2,1-7H3/t18-,19-,20+,21-,23+,24-/m0/s1. The molecule has 4 rings (SSSR count). The second kappa shape index (κ2) is 6.06. The van der Waals surface area contributed by atoms with E-state index in [1.165, 1.54) is 24.8 Å². The van der Waals surface area contributed by atoms with Crippen LogP contribution in [0.5, 0.6) is 0 Å². The summed E-state index contributed by atoms with van der Waals surface area (Å²) in [6, 6.07) is 0. The zero-order valence-corrected chi connectivity index (χ0v) is 19.6. The molecule has 0 spiro atoms. The highest BCUT2D eigenvalue weighted by atomic mass is 28.4. The molecule has 152 valence electrons. The molecule has 0 aromatic heterocycles. The Hall–Kier alpha value is -0.383. The van der Waals surface area contributed by atoms with Crippen molar-refractivity contribution in [3.05, 3.63) is 23.3 Å². The van der Waals surface area contributed by atoms with E-state index in [0.717, 1.165) is 19.4 Å². The Labute approximate surface area is 167 Å². The Balaban J connectivity index is 1.61. The van der Waals surface area contributed by atoms with Gasteiger partial charge in [-0.25, -0.2) is 0 Å². The lowest BCUT2D eigenvalue weighted by Crippen LogP contribution is -2.51. The molecule has 0 unspecified atom stereocenters. The Morgan fingerprint density at radius 3 is 2.63 bits per heavy atom. The third-order valence-corrected chi connectivity index (χ3v) is 13.8. The van der Waals surface area contributed by atoms with Gasteiger partial charge in [-0.3, -0.25) is 0 Å². The van der Waals surface area contributed by atoms with Crippen molar-refractivity contribution in [2.45, 2.75) is 90.5 Å². The lowest BCUT2D eigenvalue weighted by Gasteiger charge is -2.47. The van der Waals surface area contributed by atoms with Gasteiger partial charge >= 0.3 is 0 Å². The lowest BCUT2D eigenvalue weighted by atomic mass is 9.64. The number of allylic oxidation sites excluding steroid dienone is 3. The molecule has 0 radical (unpaired) electrons. The van der Waals surface area contributed by atoms with Crippen molar-refractivity contribution in [3.8, 4) is 0 Å². The van der Waals surface area contributed by atoms with Crippen LogP contribution in [-0.2, 0) is 4.43 Å². The zero-order valence-electron chi connectivity index (χ0n) is 18.6. The minimum Gasteiger partial charge on any atom is -0.417 e. The maximum Gasteiger partial charge on any atom is 0.191 e. The Morgan fingerprint density at radius 2 is 1.96 bits per heavy atom. The van der Waals surface area contributed by atoms with E-state index in [-0.39, 0.29) is 5.04 Å². The molecule has 0 bridgehead atoms. The number of aliphatic hydroxyl groups is 1. The second-order valence-electron chi connectivity index (χ2n) is 11.7. The van der Waals surface area contributed by atoms with Crippen LogP contribution in [0, 0.1) is 29.1 Å². The second-order valence-corrected chi connectivity index (χ2v) is 16.5. The van der Waals surface area contributed by atoms with Gasteiger partial charge in [0.05, 0.1) is 5.60 Å². The van der Waals surface area contributed by atoms with Crippen LogP contribution < -0.4 is 0 Å². The summed E-state index contributed by atoms with van der Waals surface area (Å²) in [4.78, 5) is 0. The van der Waals surface area contributed by atoms with Crippen LogP contribution in [0.25, 0.3) is 0 Å². The first-order chi connectivity index (χ1) is 12.4. The number of hydrogen-bond donors (Lipinski definition) is 1. The lowest BCUT2D eigenvalue weighted by molar-refractivity contribution is -0.0575. The summed E-state index contributed by atoms with van der Waals surface area (Å²) in [6.45, 7) is 17.1. The first-order valence-electron chi connectivity index (χ1n) is 11.2. The first kappa shape index (κ1) is 19.9. The molecule has 2 fully saturated rings. The molecule has 0 saturated heterocycles. The highest BCUT2D eigenvalue weighted by Crippen LogP contribution is 2.75. The topological polar surface area (TPSA) is 29.5 Å². The van der Waals surface area contributed by atoms with E-state index in [1.54, 1.807) is 5.57 Å². The minimum atomic E-state index is -1.76. The van der Waals surface area contributed by atoms with E-state index in [2.05, 4.69) is 59.9 Å². The van der Waals surface area contributed by atoms with Gasteiger partial charge in [-0.1, -0.05) is 45.4 Å². The highest BCUT2D eigenvalue weighted by Gasteiger charge is 2.73. The van der Waals surface area contributed by atoms with Crippen molar-refractivity contribution in [1.29, 1.82) is 0 Å². The van der Waals surface area contributed by atoms with Crippen molar-refractivity contribution in [2.75, 3.05) is 6.61 Å². The fraction of sp³-hybridized carbons (Fsp3) is 0.833. The largest absolute Gasteiger partial charge is 0.417 e. The third kappa shape index (κ3) is 2.79. The van der Waals surface area contributed by atoms with Gasteiger partial charge in [-0.2, -0.15) is 0 Å². The average molecular weight is 389 g/mol. The van der Waals surface area contributed by atoms with E-state index in [0.29, 0.717) is 29.1 Å². The SMILES string of the molecule is CC1=CC[C@@H](CO[Si](C)(C)C(C)(C)C)[C@@H]2CCC3=CCC[C@]4(C)[C@H]3[C@@H]4[C@]12O. The van der Waals surface area contributed by atoms with Gasteiger partial charge in [0.2, 0.25) is 0 Å². The van der Waals surface area contributed by atoms with Gasteiger partial charge in [-0.15, -0.1) is 0 Å². The molecule has 3 heteroatoms. The van der Waals surface area contributed by atoms with Crippen LogP contribution in [0.2, 0.25) is 18.1 Å². The Kier molecular flexibility index (Phi) is 4.47. The number of hydrogen-bond acceptors (Lipinski definition) is 2. The summed E-state index contributed by atoms with van der Waals surface area (Å²) in [6.07, 6.45) is 10.7. The molecule has 4 aliphatic carbocycles. The van der Waals surface area contributed by atoms with Crippen LogP contribution in [0.4, 0.5) is 0 Å². The van der Waals surface area contributed by atoms with E-state index in [1.807, 2.05) is 0 Å². The Morgan fingerprint density at radius 1 is 1.26 bits per heavy atom. The molecule has 2 saturated carbocycles. The van der Waals surface area contributed by atoms with Crippen LogP contribution in [0.15, 0.2) is 23.3 Å². The first-order valence-corrected chi connectivity index (χ1v) is 14.1. The van der Waals surface area contributed by atoms with Crippen LogP contribution >= 0.6 is 0 Å². The van der Waals surface area contributed by atoms with E-state index in [9.17, 15) is 5.11 Å². The molecule has 6 atom stereocenters. The highest BCUT2D eigenvalue weighted by molar-refractivity contribution is 6.74. The van der Waals surface area contributed by atoms with Crippen molar-refractivity contribution in [3.63, 3.8) is 0 Å². The van der Waals surface area contributed by atoms with Gasteiger partial charge in [-0.05, 0) is 85.9 Å². The maximum atomic E-state index is 12.2. The van der Waals surface area contributed by atoms with Gasteiger partial charge in [0, 0.05) is 12.5 Å². The fourth-order valence-corrected chi connectivity index (χ4v) is 7.56. The number of rotatable bonds is 3. The van der Waals surface area contributed by atoms with Gasteiger partial charge in [0.25, 0.3) is 0 Å². The zero-order chi connectivity index (χ0) is 19.8. The van der Waals surface area contributed by atoms with E-state index < -0.39 is 13.9 Å². The van der Waals surface area contributed by atoms with Crippen LogP contribution in [0.3, 0.4) is 0 Å². The van der Waals surface area contributed by atoms with Gasteiger partial charge in [0.1, 0.15) is 0 Å². The summed E-state index contributed by atoms with van der Waals surface area (Å²) >= 11 is 0. The predicted molar refractivity (Wildman–Crippen MR) is 115 cm³/mol. The molecule has 4 aliphatic rings. The van der Waals surface area contributed by atoms with E-state index in [4.69, 9.17) is 4.43 Å². The quantitative estimate of drug-likeness (QED) is 0.468. The molecule has 0 aromatic carbocycles. The van der Waals surface area contributed by atoms with Crippen molar-refractivity contribution in [1.82, 2.24) is 0 Å². The van der Waals surface area contributed by atoms with E-state index >= 15 is 0 Å². The Bertz CT molecular complexity index is 685. The minimum absolute atomic E-state index is 0.240. The molecule has 27 heavy (non-hydrogen) atoms. The maximum absolute atomic E-state index is 12.2. The normalized spacial score (nSPS) is 43.9. The summed E-state index contributed by atoms with van der Waals surface area (Å²) in [5.41, 5.74) is 2.62. The van der Waals surface area contributed by atoms with Crippen molar-refractivity contribution in [2.24, 2.45) is 29.1 Å². The summed E-state index contributed by atoms with van der Waals surface area (Å²) in [5.74, 6) is 1.87. The third-order valence-electron chi connectivity index (χ3n) is 9.31. The molecule has 0 aliphatic heterocycles. The monoisotopic (exact) mass is 388 g/mol. The number of fused-ring (bicyclic) bond motifs is 3. The molecule has 2 nitrogen and oxygen atoms in total. The molecule has 0 amide bonds. The fourth-order valence-electron chi connectivity index (χ4n) is 6.50. The van der Waals surface area contributed by atoms with Gasteiger partial charge < -0.3 is 9.53 Å². The molecule has 0 aromatic rings. The smallest absolute Gasteiger partial charge is 0.191 e. The predicted octanol–water partition coefficient (Wildman–Crippen LogP) is 6.09. The summed E-state index contributed by atoms with van der Waals surface area (Å²) in [5, 5.41) is 12.4.